The summed E-state index contributed by atoms with van der Waals surface area (Å²) in [6.45, 7) is 1.84. The fourth-order valence-corrected chi connectivity index (χ4v) is 4.93. The van der Waals surface area contributed by atoms with Crippen molar-refractivity contribution in [2.45, 2.75) is 31.1 Å². The number of benzene rings is 2. The lowest BCUT2D eigenvalue weighted by Gasteiger charge is -2.41. The number of rotatable bonds is 4. The van der Waals surface area contributed by atoms with E-state index in [1.807, 2.05) is 19.1 Å². The molecule has 2 aliphatic heterocycles. The van der Waals surface area contributed by atoms with E-state index in [0.717, 1.165) is 5.56 Å². The maximum atomic E-state index is 14.8. The molecule has 2 aromatic rings. The number of carbonyl (C=O) groups excluding carboxylic acids is 2. The molecule has 3 atom stereocenters. The molecule has 1 N–H and O–H groups in total. The maximum Gasteiger partial charge on any atom is 0.254 e. The SMILES string of the molecule is COc1ccc(C)cc1C1(N2C[C@H](F)C[C@H]2C(=O)N(C)C)C(=O)Nc2ccc(Cl)cc21. The van der Waals surface area contributed by atoms with E-state index in [1.54, 1.807) is 43.3 Å². The average Bonchev–Trinajstić information content (AvgIpc) is 3.24. The second-order valence-electron chi connectivity index (χ2n) is 8.29. The Morgan fingerprint density at radius 1 is 1.26 bits per heavy atom. The number of anilines is 1. The molecule has 0 aliphatic carbocycles. The molecule has 2 aliphatic rings. The Labute approximate surface area is 185 Å². The number of ether oxygens (including phenoxy) is 1. The van der Waals surface area contributed by atoms with Crippen molar-refractivity contribution >= 4 is 29.1 Å². The molecule has 0 saturated carbocycles. The molecule has 2 aromatic carbocycles. The van der Waals surface area contributed by atoms with E-state index in [-0.39, 0.29) is 24.8 Å². The molecule has 1 fully saturated rings. The first-order valence-corrected chi connectivity index (χ1v) is 10.5. The van der Waals surface area contributed by atoms with Crippen LogP contribution in [0.15, 0.2) is 36.4 Å². The molecule has 0 bridgehead atoms. The van der Waals surface area contributed by atoms with Gasteiger partial charge in [0.15, 0.2) is 5.54 Å². The Hall–Kier alpha value is -2.64. The molecule has 6 nitrogen and oxygen atoms in total. The average molecular weight is 446 g/mol. The van der Waals surface area contributed by atoms with Crippen molar-refractivity contribution < 1.29 is 18.7 Å². The van der Waals surface area contributed by atoms with Crippen LogP contribution in [0.1, 0.15) is 23.1 Å². The first-order valence-electron chi connectivity index (χ1n) is 10.1. The zero-order valence-electron chi connectivity index (χ0n) is 17.9. The van der Waals surface area contributed by atoms with Crippen LogP contribution in [0.25, 0.3) is 0 Å². The molecular formula is C23H25ClFN3O3. The van der Waals surface area contributed by atoms with Crippen molar-refractivity contribution in [1.29, 1.82) is 0 Å². The van der Waals surface area contributed by atoms with Gasteiger partial charge in [0.25, 0.3) is 5.91 Å². The predicted octanol–water partition coefficient (Wildman–Crippen LogP) is 3.35. The zero-order valence-corrected chi connectivity index (χ0v) is 18.7. The fourth-order valence-electron chi connectivity index (χ4n) is 4.76. The normalized spacial score (nSPS) is 25.3. The van der Waals surface area contributed by atoms with Gasteiger partial charge in [-0.3, -0.25) is 14.5 Å². The smallest absolute Gasteiger partial charge is 0.254 e. The third-order valence-corrected chi connectivity index (χ3v) is 6.33. The summed E-state index contributed by atoms with van der Waals surface area (Å²) in [6, 6.07) is 9.84. The van der Waals surface area contributed by atoms with Gasteiger partial charge < -0.3 is 15.0 Å². The Balaban J connectivity index is 2.05. The molecule has 8 heteroatoms. The minimum absolute atomic E-state index is 0.00999. The third kappa shape index (κ3) is 3.27. The van der Waals surface area contributed by atoms with E-state index in [2.05, 4.69) is 5.32 Å². The van der Waals surface area contributed by atoms with Gasteiger partial charge in [0.1, 0.15) is 11.9 Å². The number of aryl methyl sites for hydroxylation is 1. The number of hydrogen-bond donors (Lipinski definition) is 1. The monoisotopic (exact) mass is 445 g/mol. The minimum Gasteiger partial charge on any atom is -0.496 e. The van der Waals surface area contributed by atoms with E-state index in [4.69, 9.17) is 16.3 Å². The van der Waals surface area contributed by atoms with Crippen LogP contribution in [0.4, 0.5) is 10.1 Å². The molecule has 0 spiro atoms. The molecule has 0 aromatic heterocycles. The van der Waals surface area contributed by atoms with E-state index in [0.29, 0.717) is 27.6 Å². The second kappa shape index (κ2) is 7.80. The van der Waals surface area contributed by atoms with Gasteiger partial charge in [-0.2, -0.15) is 0 Å². The van der Waals surface area contributed by atoms with Gasteiger partial charge in [0.2, 0.25) is 5.91 Å². The van der Waals surface area contributed by atoms with Gasteiger partial charge in [-0.15, -0.1) is 0 Å². The highest BCUT2D eigenvalue weighted by Gasteiger charge is 2.59. The summed E-state index contributed by atoms with van der Waals surface area (Å²) < 4.78 is 20.5. The van der Waals surface area contributed by atoms with Gasteiger partial charge in [-0.25, -0.2) is 4.39 Å². The van der Waals surface area contributed by atoms with Crippen LogP contribution in [0.2, 0.25) is 5.02 Å². The van der Waals surface area contributed by atoms with Gasteiger partial charge >= 0.3 is 0 Å². The number of likely N-dealkylation sites (N-methyl/N-ethyl adjacent to an activating group) is 1. The first-order chi connectivity index (χ1) is 14.7. The lowest BCUT2D eigenvalue weighted by Crippen LogP contribution is -2.57. The van der Waals surface area contributed by atoms with E-state index < -0.39 is 17.8 Å². The molecule has 1 unspecified atom stereocenters. The summed E-state index contributed by atoms with van der Waals surface area (Å²) >= 11 is 6.34. The topological polar surface area (TPSA) is 61.9 Å². The summed E-state index contributed by atoms with van der Waals surface area (Å²) in [5, 5.41) is 3.37. The van der Waals surface area contributed by atoms with Gasteiger partial charge in [-0.1, -0.05) is 23.2 Å². The highest BCUT2D eigenvalue weighted by atomic mass is 35.5. The van der Waals surface area contributed by atoms with Crippen LogP contribution in [0.3, 0.4) is 0 Å². The summed E-state index contributed by atoms with van der Waals surface area (Å²) in [5.74, 6) is -0.138. The van der Waals surface area contributed by atoms with E-state index in [9.17, 15) is 14.0 Å². The third-order valence-electron chi connectivity index (χ3n) is 6.10. The number of methoxy groups -OCH3 is 1. The Bertz CT molecular complexity index is 1060. The van der Waals surface area contributed by atoms with E-state index >= 15 is 0 Å². The van der Waals surface area contributed by atoms with Crippen LogP contribution in [-0.4, -0.2) is 61.6 Å². The molecule has 31 heavy (non-hydrogen) atoms. The highest BCUT2D eigenvalue weighted by molar-refractivity contribution is 6.31. The molecule has 0 radical (unpaired) electrons. The largest absolute Gasteiger partial charge is 0.496 e. The Kier molecular flexibility index (Phi) is 5.43. The van der Waals surface area contributed by atoms with Crippen molar-refractivity contribution in [2.24, 2.45) is 0 Å². The minimum atomic E-state index is -1.46. The fraction of sp³-hybridized carbons (Fsp3) is 0.391. The number of alkyl halides is 1. The van der Waals surface area contributed by atoms with E-state index in [1.165, 1.54) is 12.0 Å². The number of carbonyl (C=O) groups is 2. The Morgan fingerprint density at radius 3 is 2.68 bits per heavy atom. The number of likely N-dealkylation sites (tertiary alicyclic amines) is 1. The number of fused-ring (bicyclic) bond motifs is 1. The van der Waals surface area contributed by atoms with Crippen LogP contribution in [0.5, 0.6) is 5.75 Å². The number of nitrogens with one attached hydrogen (secondary N) is 1. The molecular weight excluding hydrogens is 421 g/mol. The van der Waals surface area contributed by atoms with Crippen LogP contribution in [-0.2, 0) is 15.1 Å². The first kappa shape index (κ1) is 21.6. The molecule has 1 saturated heterocycles. The standard InChI is InChI=1S/C23H25ClFN3O3/c1-13-5-8-20(31-4)17(9-13)23(16-10-14(24)6-7-18(16)26-22(23)30)28-12-15(25)11-19(28)21(29)27(2)3/h5-10,15,19H,11-12H2,1-4H3,(H,26,30)/t15-,19+,23?/m1/s1. The molecule has 2 amide bonds. The summed E-state index contributed by atoms with van der Waals surface area (Å²) in [6.07, 6.45) is -1.24. The number of hydrogen-bond acceptors (Lipinski definition) is 4. The summed E-state index contributed by atoms with van der Waals surface area (Å²) in [5.41, 5.74) is 1.16. The lowest BCUT2D eigenvalue weighted by atomic mass is 9.80. The second-order valence-corrected chi connectivity index (χ2v) is 8.73. The lowest BCUT2D eigenvalue weighted by molar-refractivity contribution is -0.138. The van der Waals surface area contributed by atoms with Crippen molar-refractivity contribution in [1.82, 2.24) is 9.80 Å². The van der Waals surface area contributed by atoms with Crippen LogP contribution in [0, 0.1) is 6.92 Å². The van der Waals surface area contributed by atoms with Gasteiger partial charge in [-0.05, 0) is 37.3 Å². The number of halogens is 2. The number of nitrogens with zero attached hydrogens (tertiary/aromatic N) is 2. The maximum absolute atomic E-state index is 14.8. The predicted molar refractivity (Wildman–Crippen MR) is 117 cm³/mol. The van der Waals surface area contributed by atoms with Crippen molar-refractivity contribution in [3.63, 3.8) is 0 Å². The van der Waals surface area contributed by atoms with Crippen LogP contribution >= 0.6 is 11.6 Å². The molecule has 2 heterocycles. The Morgan fingerprint density at radius 2 is 2.00 bits per heavy atom. The van der Waals surface area contributed by atoms with Gasteiger partial charge in [0.05, 0.1) is 13.2 Å². The zero-order chi connectivity index (χ0) is 22.5. The number of amides is 2. The highest BCUT2D eigenvalue weighted by Crippen LogP contribution is 2.51. The van der Waals surface area contributed by atoms with Crippen molar-refractivity contribution in [3.8, 4) is 5.75 Å². The summed E-state index contributed by atoms with van der Waals surface area (Å²) in [7, 11) is 4.79. The van der Waals surface area contributed by atoms with Gasteiger partial charge in [0, 0.05) is 48.9 Å². The van der Waals surface area contributed by atoms with Crippen LogP contribution < -0.4 is 10.1 Å². The molecule has 164 valence electrons. The quantitative estimate of drug-likeness (QED) is 0.784. The molecule has 4 rings (SSSR count). The van der Waals surface area contributed by atoms with Crippen molar-refractivity contribution in [2.75, 3.05) is 33.1 Å². The van der Waals surface area contributed by atoms with Crippen molar-refractivity contribution in [3.05, 3.63) is 58.1 Å². The summed E-state index contributed by atoms with van der Waals surface area (Å²) in [4.78, 5) is 30.0.